The van der Waals surface area contributed by atoms with E-state index in [1.54, 1.807) is 6.07 Å². The van der Waals surface area contributed by atoms with E-state index in [9.17, 15) is 19.7 Å². The van der Waals surface area contributed by atoms with Gasteiger partial charge in [0, 0.05) is 31.7 Å². The normalized spacial score (nSPS) is 18.0. The fraction of sp³-hybridized carbons (Fsp3) is 0.385. The van der Waals surface area contributed by atoms with Crippen LogP contribution in [0.4, 0.5) is 17.1 Å². The lowest BCUT2D eigenvalue weighted by atomic mass is 10.1. The van der Waals surface area contributed by atoms with E-state index in [4.69, 9.17) is 5.73 Å². The van der Waals surface area contributed by atoms with Crippen molar-refractivity contribution in [3.63, 3.8) is 0 Å². The van der Waals surface area contributed by atoms with Gasteiger partial charge in [-0.15, -0.1) is 0 Å². The second kappa shape index (κ2) is 6.13. The summed E-state index contributed by atoms with van der Waals surface area (Å²) in [5.74, 6) is 0.480. The Kier molecular flexibility index (Phi) is 4.46. The number of hydrogen-bond acceptors (Lipinski definition) is 6. The van der Waals surface area contributed by atoms with Gasteiger partial charge in [-0.3, -0.25) is 19.7 Å². The summed E-state index contributed by atoms with van der Waals surface area (Å²) in [4.78, 5) is 34.8. The van der Waals surface area contributed by atoms with Gasteiger partial charge in [0.2, 0.25) is 5.91 Å². The van der Waals surface area contributed by atoms with Crippen molar-refractivity contribution >= 4 is 39.8 Å². The van der Waals surface area contributed by atoms with Gasteiger partial charge in [0.05, 0.1) is 10.6 Å². The molecular weight excluding hydrogens is 294 g/mol. The van der Waals surface area contributed by atoms with Crippen LogP contribution < -0.4 is 10.6 Å². The second-order valence-electron chi connectivity index (χ2n) is 4.84. The van der Waals surface area contributed by atoms with Crippen LogP contribution in [0, 0.1) is 16.0 Å². The van der Waals surface area contributed by atoms with Crippen molar-refractivity contribution in [1.82, 2.24) is 0 Å². The van der Waals surface area contributed by atoms with Gasteiger partial charge in [-0.2, -0.15) is 0 Å². The van der Waals surface area contributed by atoms with Gasteiger partial charge in [0.15, 0.2) is 5.12 Å². The van der Waals surface area contributed by atoms with Crippen molar-refractivity contribution in [2.24, 2.45) is 5.92 Å². The minimum absolute atomic E-state index is 0.00396. The first-order valence-corrected chi connectivity index (χ1v) is 7.35. The van der Waals surface area contributed by atoms with Crippen LogP contribution in [-0.4, -0.2) is 28.2 Å². The number of thioether (sulfide) groups is 1. The van der Waals surface area contributed by atoms with Gasteiger partial charge >= 0.3 is 0 Å². The molecule has 1 aromatic rings. The Morgan fingerprint density at radius 1 is 1.57 bits per heavy atom. The molecule has 1 aliphatic heterocycles. The smallest absolute Gasteiger partial charge is 0.294 e. The molecule has 112 valence electrons. The molecule has 1 aliphatic rings. The van der Waals surface area contributed by atoms with E-state index in [2.05, 4.69) is 0 Å². The predicted octanol–water partition coefficient (Wildman–Crippen LogP) is 1.81. The number of hydrogen-bond donors (Lipinski definition) is 1. The number of carbonyl (C=O) groups is 2. The third-order valence-electron chi connectivity index (χ3n) is 3.28. The highest BCUT2D eigenvalue weighted by Gasteiger charge is 2.33. The van der Waals surface area contributed by atoms with Crippen molar-refractivity contribution < 1.29 is 14.5 Å². The molecule has 1 fully saturated rings. The van der Waals surface area contributed by atoms with Crippen molar-refractivity contribution in [1.29, 1.82) is 0 Å². The van der Waals surface area contributed by atoms with E-state index in [0.29, 0.717) is 24.4 Å². The van der Waals surface area contributed by atoms with E-state index in [1.165, 1.54) is 35.7 Å². The largest absolute Gasteiger partial charge is 0.391 e. The number of nitrogen functional groups attached to an aromatic ring is 1. The zero-order valence-corrected chi connectivity index (χ0v) is 12.3. The number of anilines is 2. The molecule has 0 aliphatic carbocycles. The number of para-hydroxylation sites is 1. The van der Waals surface area contributed by atoms with E-state index >= 15 is 0 Å². The highest BCUT2D eigenvalue weighted by molar-refractivity contribution is 8.13. The molecule has 7 nitrogen and oxygen atoms in total. The molecule has 1 heterocycles. The SMILES string of the molecule is CC(=O)SCC1CC(=O)N(c2cccc([N+](=O)[O-])c2N)C1. The zero-order chi connectivity index (χ0) is 15.6. The predicted molar refractivity (Wildman–Crippen MR) is 81.1 cm³/mol. The fourth-order valence-electron chi connectivity index (χ4n) is 2.30. The maximum absolute atomic E-state index is 12.1. The number of nitrogens with two attached hydrogens (primary N) is 1. The summed E-state index contributed by atoms with van der Waals surface area (Å²) in [7, 11) is 0. The minimum Gasteiger partial charge on any atom is -0.391 e. The molecule has 2 N–H and O–H groups in total. The van der Waals surface area contributed by atoms with Gasteiger partial charge < -0.3 is 10.6 Å². The molecular formula is C13H15N3O4S. The number of nitro benzene ring substituents is 1. The van der Waals surface area contributed by atoms with Gasteiger partial charge in [0.1, 0.15) is 5.69 Å². The first kappa shape index (κ1) is 15.3. The van der Waals surface area contributed by atoms with E-state index in [0.717, 1.165) is 0 Å². The Labute approximate surface area is 125 Å². The molecule has 1 unspecified atom stereocenters. The molecule has 8 heteroatoms. The highest BCUT2D eigenvalue weighted by atomic mass is 32.2. The van der Waals surface area contributed by atoms with Crippen LogP contribution in [0.5, 0.6) is 0 Å². The molecule has 0 aromatic heterocycles. The van der Waals surface area contributed by atoms with Crippen molar-refractivity contribution in [3.05, 3.63) is 28.3 Å². The number of nitro groups is 1. The standard InChI is InChI=1S/C13H15N3O4S/c1-8(17)21-7-9-5-12(18)15(6-9)10-3-2-4-11(13(10)14)16(19)20/h2-4,9H,5-7,14H2,1H3. The third kappa shape index (κ3) is 3.33. The van der Waals surface area contributed by atoms with Gasteiger partial charge in [-0.1, -0.05) is 17.8 Å². The second-order valence-corrected chi connectivity index (χ2v) is 6.04. The molecule has 21 heavy (non-hydrogen) atoms. The molecule has 1 aromatic carbocycles. The fourth-order valence-corrected chi connectivity index (χ4v) is 2.99. The highest BCUT2D eigenvalue weighted by Crippen LogP contribution is 2.35. The number of rotatable bonds is 4. The summed E-state index contributed by atoms with van der Waals surface area (Å²) in [6.45, 7) is 1.90. The first-order valence-electron chi connectivity index (χ1n) is 6.36. The lowest BCUT2D eigenvalue weighted by Crippen LogP contribution is -2.26. The molecule has 0 saturated carbocycles. The van der Waals surface area contributed by atoms with Gasteiger partial charge in [-0.25, -0.2) is 0 Å². The lowest BCUT2D eigenvalue weighted by Gasteiger charge is -2.18. The van der Waals surface area contributed by atoms with Gasteiger partial charge in [0.25, 0.3) is 5.69 Å². The minimum atomic E-state index is -0.567. The number of carbonyl (C=O) groups excluding carboxylic acids is 2. The Morgan fingerprint density at radius 3 is 2.90 bits per heavy atom. The van der Waals surface area contributed by atoms with Crippen LogP contribution >= 0.6 is 11.8 Å². The maximum atomic E-state index is 12.1. The van der Waals surface area contributed by atoms with Crippen LogP contribution in [0.25, 0.3) is 0 Å². The Morgan fingerprint density at radius 2 is 2.29 bits per heavy atom. The summed E-state index contributed by atoms with van der Waals surface area (Å²) < 4.78 is 0. The van der Waals surface area contributed by atoms with Crippen molar-refractivity contribution in [2.45, 2.75) is 13.3 Å². The molecule has 2 rings (SSSR count). The van der Waals surface area contributed by atoms with Crippen LogP contribution in [0.3, 0.4) is 0 Å². The zero-order valence-electron chi connectivity index (χ0n) is 11.4. The average molecular weight is 309 g/mol. The average Bonchev–Trinajstić information content (AvgIpc) is 2.77. The van der Waals surface area contributed by atoms with Crippen molar-refractivity contribution in [3.8, 4) is 0 Å². The summed E-state index contributed by atoms with van der Waals surface area (Å²) in [6, 6.07) is 4.41. The summed E-state index contributed by atoms with van der Waals surface area (Å²) in [5.41, 5.74) is 5.95. The Hall–Kier alpha value is -2.09. The van der Waals surface area contributed by atoms with Gasteiger partial charge in [-0.05, 0) is 12.0 Å². The van der Waals surface area contributed by atoms with Crippen LogP contribution in [-0.2, 0) is 9.59 Å². The Balaban J connectivity index is 2.19. The van der Waals surface area contributed by atoms with Crippen molar-refractivity contribution in [2.75, 3.05) is 22.9 Å². The third-order valence-corrected chi connectivity index (χ3v) is 4.32. The van der Waals surface area contributed by atoms with E-state index < -0.39 is 4.92 Å². The molecule has 0 spiro atoms. The molecule has 0 bridgehead atoms. The number of amides is 1. The monoisotopic (exact) mass is 309 g/mol. The molecule has 1 saturated heterocycles. The van der Waals surface area contributed by atoms with E-state index in [1.807, 2.05) is 0 Å². The molecule has 1 amide bonds. The summed E-state index contributed by atoms with van der Waals surface area (Å²) in [6.07, 6.45) is 0.322. The molecule has 0 radical (unpaired) electrons. The van der Waals surface area contributed by atoms with Crippen LogP contribution in [0.1, 0.15) is 13.3 Å². The topological polar surface area (TPSA) is 107 Å². The number of benzene rings is 1. The summed E-state index contributed by atoms with van der Waals surface area (Å²) >= 11 is 1.18. The number of nitrogens with zero attached hydrogens (tertiary/aromatic N) is 2. The van der Waals surface area contributed by atoms with E-state index in [-0.39, 0.29) is 28.3 Å². The molecule has 1 atom stereocenters. The Bertz CT molecular complexity index is 605. The van der Waals surface area contributed by atoms with Crippen LogP contribution in [0.2, 0.25) is 0 Å². The first-order chi connectivity index (χ1) is 9.90. The van der Waals surface area contributed by atoms with Crippen LogP contribution in [0.15, 0.2) is 18.2 Å². The lowest BCUT2D eigenvalue weighted by molar-refractivity contribution is -0.383. The maximum Gasteiger partial charge on any atom is 0.294 e. The summed E-state index contributed by atoms with van der Waals surface area (Å²) in [5, 5.41) is 10.9. The quantitative estimate of drug-likeness (QED) is 0.516.